The third-order valence-electron chi connectivity index (χ3n) is 5.94. The fourth-order valence-corrected chi connectivity index (χ4v) is 7.24. The number of halogens is 1. The Kier molecular flexibility index (Phi) is 3.23. The molecule has 4 aliphatic rings. The number of nitrogens with one attached hydrogen (secondary N) is 1. The van der Waals surface area contributed by atoms with E-state index in [0.29, 0.717) is 16.5 Å². The Labute approximate surface area is 139 Å². The highest BCUT2D eigenvalue weighted by Crippen LogP contribution is 2.65. The minimum Gasteiger partial charge on any atom is -0.359 e. The van der Waals surface area contributed by atoms with Crippen LogP contribution in [-0.2, 0) is 4.79 Å². The van der Waals surface area contributed by atoms with Crippen molar-refractivity contribution in [3.63, 3.8) is 0 Å². The monoisotopic (exact) mass is 366 g/mol. The molecule has 0 aliphatic heterocycles. The molecule has 1 N–H and O–H groups in total. The van der Waals surface area contributed by atoms with Crippen LogP contribution in [0.2, 0.25) is 0 Å². The van der Waals surface area contributed by atoms with Gasteiger partial charge in [0.05, 0.1) is 0 Å². The van der Waals surface area contributed by atoms with Gasteiger partial charge in [0, 0.05) is 10.7 Å². The summed E-state index contributed by atoms with van der Waals surface area (Å²) in [6.45, 7) is 3.71. The van der Waals surface area contributed by atoms with Gasteiger partial charge >= 0.3 is 0 Å². The molecule has 5 heteroatoms. The van der Waals surface area contributed by atoms with Crippen molar-refractivity contribution in [2.45, 2.75) is 63.1 Å². The molecule has 4 nitrogen and oxygen atoms in total. The zero-order valence-corrected chi connectivity index (χ0v) is 14.8. The molecule has 0 radical (unpaired) electrons. The summed E-state index contributed by atoms with van der Waals surface area (Å²) >= 11 is 4.01. The number of nitrogens with zero attached hydrogens (tertiary/aromatic N) is 1. The Balaban J connectivity index is 1.50. The summed E-state index contributed by atoms with van der Waals surface area (Å²) in [5, 5.41) is 6.95. The number of hydrogen-bond donors (Lipinski definition) is 1. The molecule has 22 heavy (non-hydrogen) atoms. The van der Waals surface area contributed by atoms with E-state index < -0.39 is 0 Å². The van der Waals surface area contributed by atoms with Crippen LogP contribution < -0.4 is 5.32 Å². The molecule has 1 heterocycles. The number of carbonyl (C=O) groups is 1. The summed E-state index contributed by atoms with van der Waals surface area (Å²) in [6, 6.07) is 0. The Morgan fingerprint density at radius 1 is 1.32 bits per heavy atom. The van der Waals surface area contributed by atoms with Gasteiger partial charge in [-0.05, 0) is 69.6 Å². The quantitative estimate of drug-likeness (QED) is 0.808. The van der Waals surface area contributed by atoms with Crippen molar-refractivity contribution in [3.8, 4) is 0 Å². The van der Waals surface area contributed by atoms with Crippen molar-refractivity contribution in [1.82, 2.24) is 5.16 Å². The standard InChI is InChI=1S/C17H23BrN2O2/c1-10-15(11(2)22-20-10)19-14(21)8-16-4-12-3-13(5-16)7-17(18,6-12)9-16/h12-13H,3-9H2,1-2H3,(H,19,21)/t12-,13-,16?,17?/m1/s1. The lowest BCUT2D eigenvalue weighted by Gasteiger charge is -2.60. The van der Waals surface area contributed by atoms with Gasteiger partial charge in [0.25, 0.3) is 0 Å². The second-order valence-corrected chi connectivity index (χ2v) is 9.72. The first-order valence-electron chi connectivity index (χ1n) is 8.28. The van der Waals surface area contributed by atoms with Gasteiger partial charge in [-0.2, -0.15) is 0 Å². The molecule has 1 aromatic rings. The van der Waals surface area contributed by atoms with Gasteiger partial charge in [0.2, 0.25) is 5.91 Å². The average Bonchev–Trinajstić information content (AvgIpc) is 2.66. The van der Waals surface area contributed by atoms with Crippen LogP contribution in [0.1, 0.15) is 56.4 Å². The number of carbonyl (C=O) groups excluding carboxylic acids is 1. The summed E-state index contributed by atoms with van der Waals surface area (Å²) in [7, 11) is 0. The third-order valence-corrected chi connectivity index (χ3v) is 6.87. The summed E-state index contributed by atoms with van der Waals surface area (Å²) in [5.74, 6) is 2.43. The van der Waals surface area contributed by atoms with Crippen molar-refractivity contribution < 1.29 is 9.32 Å². The maximum absolute atomic E-state index is 12.6. The highest BCUT2D eigenvalue weighted by atomic mass is 79.9. The van der Waals surface area contributed by atoms with Crippen molar-refractivity contribution in [2.24, 2.45) is 17.3 Å². The van der Waals surface area contributed by atoms with Gasteiger partial charge in [0.1, 0.15) is 11.4 Å². The summed E-state index contributed by atoms with van der Waals surface area (Å²) in [5.41, 5.74) is 1.72. The lowest BCUT2D eigenvalue weighted by atomic mass is 9.48. The zero-order valence-electron chi connectivity index (χ0n) is 13.2. The van der Waals surface area contributed by atoms with Gasteiger partial charge in [-0.25, -0.2) is 0 Å². The first kappa shape index (κ1) is 14.7. The van der Waals surface area contributed by atoms with Gasteiger partial charge in [0.15, 0.2) is 5.76 Å². The van der Waals surface area contributed by atoms with Crippen LogP contribution in [0.4, 0.5) is 5.69 Å². The fraction of sp³-hybridized carbons (Fsp3) is 0.765. The molecule has 2 atom stereocenters. The summed E-state index contributed by atoms with van der Waals surface area (Å²) in [6.07, 6.45) is 8.23. The molecule has 4 aliphatic carbocycles. The average molecular weight is 367 g/mol. The second kappa shape index (κ2) is 4.83. The number of rotatable bonds is 3. The van der Waals surface area contributed by atoms with Crippen molar-refractivity contribution in [2.75, 3.05) is 5.32 Å². The Morgan fingerprint density at radius 2 is 2.00 bits per heavy atom. The lowest BCUT2D eigenvalue weighted by molar-refractivity contribution is -0.123. The molecule has 120 valence electrons. The van der Waals surface area contributed by atoms with Crippen LogP contribution in [0, 0.1) is 31.1 Å². The van der Waals surface area contributed by atoms with Gasteiger partial charge < -0.3 is 9.84 Å². The van der Waals surface area contributed by atoms with Crippen LogP contribution >= 0.6 is 15.9 Å². The van der Waals surface area contributed by atoms with Crippen LogP contribution in [0.15, 0.2) is 4.52 Å². The molecule has 0 saturated heterocycles. The normalized spacial score (nSPS) is 39.2. The number of alkyl halides is 1. The molecule has 4 bridgehead atoms. The third kappa shape index (κ3) is 2.41. The lowest BCUT2D eigenvalue weighted by Crippen LogP contribution is -2.53. The van der Waals surface area contributed by atoms with Crippen LogP contribution in [0.5, 0.6) is 0 Å². The van der Waals surface area contributed by atoms with E-state index in [1.54, 1.807) is 0 Å². The smallest absolute Gasteiger partial charge is 0.225 e. The predicted molar refractivity (Wildman–Crippen MR) is 88.0 cm³/mol. The first-order chi connectivity index (χ1) is 10.4. The Bertz CT molecular complexity index is 591. The number of anilines is 1. The molecule has 0 spiro atoms. The van der Waals surface area contributed by atoms with E-state index >= 15 is 0 Å². The van der Waals surface area contributed by atoms with Crippen molar-refractivity contribution in [1.29, 1.82) is 0 Å². The number of aryl methyl sites for hydroxylation is 2. The molecule has 0 aromatic carbocycles. The van der Waals surface area contributed by atoms with E-state index in [-0.39, 0.29) is 11.3 Å². The van der Waals surface area contributed by atoms with Crippen LogP contribution in [-0.4, -0.2) is 15.4 Å². The molecule has 0 unspecified atom stereocenters. The number of aromatic nitrogens is 1. The van der Waals surface area contributed by atoms with E-state index in [9.17, 15) is 4.79 Å². The van der Waals surface area contributed by atoms with Gasteiger partial charge in [-0.15, -0.1) is 0 Å². The second-order valence-electron chi connectivity index (χ2n) is 8.04. The minimum absolute atomic E-state index is 0.118. The van der Waals surface area contributed by atoms with Crippen LogP contribution in [0.25, 0.3) is 0 Å². The van der Waals surface area contributed by atoms with Crippen molar-refractivity contribution in [3.05, 3.63) is 11.5 Å². The van der Waals surface area contributed by atoms with E-state index in [4.69, 9.17) is 4.52 Å². The van der Waals surface area contributed by atoms with E-state index in [1.165, 1.54) is 32.1 Å². The highest BCUT2D eigenvalue weighted by Gasteiger charge is 2.57. The SMILES string of the molecule is Cc1noc(C)c1NC(=O)CC12C[C@H]3C[C@@H](CC(Br)(C3)C1)C2. The molecule has 4 fully saturated rings. The molecule has 1 amide bonds. The fourth-order valence-electron chi connectivity index (χ4n) is 5.73. The van der Waals surface area contributed by atoms with Crippen molar-refractivity contribution >= 4 is 27.5 Å². The Morgan fingerprint density at radius 3 is 2.55 bits per heavy atom. The maximum atomic E-state index is 12.6. The summed E-state index contributed by atoms with van der Waals surface area (Å²) in [4.78, 5) is 12.6. The molecule has 5 rings (SSSR count). The molecule has 1 aromatic heterocycles. The molecular weight excluding hydrogens is 344 g/mol. The largest absolute Gasteiger partial charge is 0.359 e. The Hall–Kier alpha value is -0.840. The summed E-state index contributed by atoms with van der Waals surface area (Å²) < 4.78 is 5.44. The predicted octanol–water partition coefficient (Wildman–Crippen LogP) is 4.35. The number of hydrogen-bond acceptors (Lipinski definition) is 3. The van der Waals surface area contributed by atoms with Gasteiger partial charge in [-0.1, -0.05) is 21.1 Å². The van der Waals surface area contributed by atoms with E-state index in [0.717, 1.165) is 29.6 Å². The van der Waals surface area contributed by atoms with E-state index in [1.807, 2.05) is 13.8 Å². The number of amides is 1. The highest BCUT2D eigenvalue weighted by molar-refractivity contribution is 9.10. The molecular formula is C17H23BrN2O2. The first-order valence-corrected chi connectivity index (χ1v) is 9.07. The maximum Gasteiger partial charge on any atom is 0.225 e. The molecule has 4 saturated carbocycles. The van der Waals surface area contributed by atoms with Crippen LogP contribution in [0.3, 0.4) is 0 Å². The minimum atomic E-state index is 0.118. The topological polar surface area (TPSA) is 55.1 Å². The van der Waals surface area contributed by atoms with E-state index in [2.05, 4.69) is 26.4 Å². The zero-order chi connectivity index (χ0) is 15.5. The van der Waals surface area contributed by atoms with Gasteiger partial charge in [-0.3, -0.25) is 4.79 Å².